The van der Waals surface area contributed by atoms with E-state index in [1.807, 2.05) is 12.1 Å². The van der Waals surface area contributed by atoms with Crippen LogP contribution in [0, 0.1) is 0 Å². The molecule has 2 aliphatic rings. The molecular formula is C25H21N3O4. The third-order valence-electron chi connectivity index (χ3n) is 5.87. The second kappa shape index (κ2) is 7.85. The number of phenolic OH excluding ortho intramolecular Hbond substituents is 1. The van der Waals surface area contributed by atoms with E-state index >= 15 is 0 Å². The molecule has 0 saturated carbocycles. The predicted molar refractivity (Wildman–Crippen MR) is 118 cm³/mol. The van der Waals surface area contributed by atoms with E-state index < -0.39 is 6.17 Å². The molecule has 7 nitrogen and oxygen atoms in total. The summed E-state index contributed by atoms with van der Waals surface area (Å²) in [5.74, 6) is -0.561. The molecule has 0 bridgehead atoms. The van der Waals surface area contributed by atoms with Crippen molar-refractivity contribution >= 4 is 23.4 Å². The standard InChI is InChI=1S/C25H21N3O4/c29-17-11-9-16(10-12-17)13-14-26-22(30)15-27-23-18-5-1-2-6-19(18)25(32)28(23)21-8-4-3-7-20(21)24(27)31/h1-12,23,29H,13-15H2,(H,26,30)/t23-/m0/s1. The molecule has 0 fully saturated rings. The van der Waals surface area contributed by atoms with Crippen LogP contribution in [0.4, 0.5) is 5.69 Å². The van der Waals surface area contributed by atoms with E-state index in [1.54, 1.807) is 65.6 Å². The third kappa shape index (κ3) is 3.28. The topological polar surface area (TPSA) is 90.0 Å². The fourth-order valence-electron chi connectivity index (χ4n) is 4.35. The molecule has 3 aromatic rings. The van der Waals surface area contributed by atoms with Gasteiger partial charge in [0.15, 0.2) is 0 Å². The van der Waals surface area contributed by atoms with Crippen LogP contribution in [0.15, 0.2) is 72.8 Å². The van der Waals surface area contributed by atoms with E-state index in [1.165, 1.54) is 4.90 Å². The predicted octanol–water partition coefficient (Wildman–Crippen LogP) is 2.87. The van der Waals surface area contributed by atoms with Crippen molar-refractivity contribution in [3.63, 3.8) is 0 Å². The van der Waals surface area contributed by atoms with Gasteiger partial charge in [0, 0.05) is 17.7 Å². The molecule has 2 N–H and O–H groups in total. The average Bonchev–Trinajstić information content (AvgIpc) is 3.11. The zero-order chi connectivity index (χ0) is 22.2. The van der Waals surface area contributed by atoms with Crippen molar-refractivity contribution in [3.05, 3.63) is 95.1 Å². The van der Waals surface area contributed by atoms with Gasteiger partial charge in [-0.2, -0.15) is 0 Å². The molecule has 160 valence electrons. The van der Waals surface area contributed by atoms with Crippen LogP contribution in [0.2, 0.25) is 0 Å². The summed E-state index contributed by atoms with van der Waals surface area (Å²) in [5, 5.41) is 12.2. The molecule has 7 heteroatoms. The lowest BCUT2D eigenvalue weighted by molar-refractivity contribution is -0.122. The second-order valence-electron chi connectivity index (χ2n) is 7.85. The lowest BCUT2D eigenvalue weighted by atomic mass is 10.0. The Bertz CT molecular complexity index is 1220. The highest BCUT2D eigenvalue weighted by molar-refractivity contribution is 6.17. The Kier molecular flexibility index (Phi) is 4.86. The smallest absolute Gasteiger partial charge is 0.260 e. The first kappa shape index (κ1) is 19.8. The van der Waals surface area contributed by atoms with Crippen molar-refractivity contribution in [2.45, 2.75) is 12.6 Å². The van der Waals surface area contributed by atoms with Crippen molar-refractivity contribution in [2.24, 2.45) is 0 Å². The van der Waals surface area contributed by atoms with Crippen LogP contribution >= 0.6 is 0 Å². The monoisotopic (exact) mass is 427 g/mol. The molecule has 3 aromatic carbocycles. The summed E-state index contributed by atoms with van der Waals surface area (Å²) >= 11 is 0. The van der Waals surface area contributed by atoms with Gasteiger partial charge in [0.25, 0.3) is 11.8 Å². The normalized spacial score (nSPS) is 16.4. The fourth-order valence-corrected chi connectivity index (χ4v) is 4.35. The summed E-state index contributed by atoms with van der Waals surface area (Å²) in [6.07, 6.45) is -0.0522. The molecule has 2 heterocycles. The summed E-state index contributed by atoms with van der Waals surface area (Å²) < 4.78 is 0. The van der Waals surface area contributed by atoms with Gasteiger partial charge in [-0.1, -0.05) is 42.5 Å². The lowest BCUT2D eigenvalue weighted by Crippen LogP contribution is -2.51. The SMILES string of the molecule is O=C(CN1C(=O)c2ccccc2N2C(=O)c3ccccc3[C@@H]12)NCCc1ccc(O)cc1. The van der Waals surface area contributed by atoms with Crippen LogP contribution < -0.4 is 10.2 Å². The molecule has 1 atom stereocenters. The van der Waals surface area contributed by atoms with Crippen molar-refractivity contribution in [3.8, 4) is 5.75 Å². The van der Waals surface area contributed by atoms with Crippen molar-refractivity contribution in [2.75, 3.05) is 18.0 Å². The zero-order valence-corrected chi connectivity index (χ0v) is 17.2. The fraction of sp³-hybridized carbons (Fsp3) is 0.160. The summed E-state index contributed by atoms with van der Waals surface area (Å²) in [6, 6.07) is 21.0. The van der Waals surface area contributed by atoms with E-state index in [-0.39, 0.29) is 30.0 Å². The number of benzene rings is 3. The molecule has 0 aromatic heterocycles. The molecule has 0 aliphatic carbocycles. The number of amides is 3. The Hall–Kier alpha value is -4.13. The maximum atomic E-state index is 13.3. The molecule has 2 aliphatic heterocycles. The van der Waals surface area contributed by atoms with Crippen LogP contribution in [0.1, 0.15) is 38.0 Å². The number of aromatic hydroxyl groups is 1. The van der Waals surface area contributed by atoms with E-state index in [9.17, 15) is 19.5 Å². The minimum absolute atomic E-state index is 0.161. The maximum Gasteiger partial charge on any atom is 0.260 e. The number of carbonyl (C=O) groups excluding carboxylic acids is 3. The van der Waals surface area contributed by atoms with Crippen LogP contribution in [0.3, 0.4) is 0 Å². The second-order valence-corrected chi connectivity index (χ2v) is 7.85. The first-order valence-electron chi connectivity index (χ1n) is 10.4. The highest BCUT2D eigenvalue weighted by Gasteiger charge is 2.47. The number of rotatable bonds is 5. The van der Waals surface area contributed by atoms with E-state index in [4.69, 9.17) is 0 Å². The van der Waals surface area contributed by atoms with Crippen LogP contribution in [-0.4, -0.2) is 40.8 Å². The number of nitrogens with one attached hydrogen (secondary N) is 1. The molecule has 5 rings (SSSR count). The Morgan fingerprint density at radius 1 is 0.875 bits per heavy atom. The largest absolute Gasteiger partial charge is 0.508 e. The number of fused-ring (bicyclic) bond motifs is 5. The molecule has 3 amide bonds. The van der Waals surface area contributed by atoms with Gasteiger partial charge >= 0.3 is 0 Å². The van der Waals surface area contributed by atoms with E-state index in [2.05, 4.69) is 5.32 Å². The van der Waals surface area contributed by atoms with Crippen LogP contribution in [-0.2, 0) is 11.2 Å². The lowest BCUT2D eigenvalue weighted by Gasteiger charge is -2.40. The molecule has 0 spiro atoms. The van der Waals surface area contributed by atoms with Crippen molar-refractivity contribution in [1.82, 2.24) is 10.2 Å². The summed E-state index contributed by atoms with van der Waals surface area (Å²) in [6.45, 7) is 0.234. The zero-order valence-electron chi connectivity index (χ0n) is 17.2. The van der Waals surface area contributed by atoms with Crippen molar-refractivity contribution < 1.29 is 19.5 Å². The third-order valence-corrected chi connectivity index (χ3v) is 5.87. The van der Waals surface area contributed by atoms with E-state index in [0.717, 1.165) is 11.1 Å². The first-order chi connectivity index (χ1) is 15.5. The quantitative estimate of drug-likeness (QED) is 0.655. The van der Waals surface area contributed by atoms with Gasteiger partial charge in [0.05, 0.1) is 11.3 Å². The minimum Gasteiger partial charge on any atom is -0.508 e. The number of anilines is 1. The van der Waals surface area contributed by atoms with Gasteiger partial charge in [0.1, 0.15) is 18.5 Å². The van der Waals surface area contributed by atoms with Gasteiger partial charge in [-0.25, -0.2) is 0 Å². The van der Waals surface area contributed by atoms with Crippen LogP contribution in [0.5, 0.6) is 5.75 Å². The number of para-hydroxylation sites is 1. The number of hydrogen-bond donors (Lipinski definition) is 2. The average molecular weight is 427 g/mol. The Morgan fingerprint density at radius 2 is 1.56 bits per heavy atom. The Morgan fingerprint density at radius 3 is 2.34 bits per heavy atom. The summed E-state index contributed by atoms with van der Waals surface area (Å²) in [4.78, 5) is 42.3. The molecule has 0 radical (unpaired) electrons. The van der Waals surface area contributed by atoms with Gasteiger partial charge in [-0.05, 0) is 42.3 Å². The Labute approximate surface area is 184 Å². The number of nitrogens with zero attached hydrogens (tertiary/aromatic N) is 2. The van der Waals surface area contributed by atoms with Gasteiger partial charge in [-0.15, -0.1) is 0 Å². The van der Waals surface area contributed by atoms with Gasteiger partial charge < -0.3 is 15.3 Å². The summed E-state index contributed by atoms with van der Waals surface area (Å²) in [5.41, 5.74) is 3.21. The Balaban J connectivity index is 1.38. The van der Waals surface area contributed by atoms with Crippen LogP contribution in [0.25, 0.3) is 0 Å². The first-order valence-corrected chi connectivity index (χ1v) is 10.4. The maximum absolute atomic E-state index is 13.3. The van der Waals surface area contributed by atoms with Gasteiger partial charge in [-0.3, -0.25) is 19.3 Å². The number of hydrogen-bond acceptors (Lipinski definition) is 4. The van der Waals surface area contributed by atoms with E-state index in [0.29, 0.717) is 29.8 Å². The minimum atomic E-state index is -0.649. The number of phenols is 1. The molecule has 32 heavy (non-hydrogen) atoms. The highest BCUT2D eigenvalue weighted by Crippen LogP contribution is 2.44. The van der Waals surface area contributed by atoms with Gasteiger partial charge in [0.2, 0.25) is 5.91 Å². The molecule has 0 saturated heterocycles. The molecule has 0 unspecified atom stereocenters. The molecular weight excluding hydrogens is 406 g/mol. The summed E-state index contributed by atoms with van der Waals surface area (Å²) in [7, 11) is 0. The number of carbonyl (C=O) groups is 3. The van der Waals surface area contributed by atoms with Crippen molar-refractivity contribution in [1.29, 1.82) is 0 Å². The highest BCUT2D eigenvalue weighted by atomic mass is 16.3.